The van der Waals surface area contributed by atoms with Crippen LogP contribution in [-0.2, 0) is 24.8 Å². The number of carbonyl (C=O) groups excluding carboxylic acids is 1. The first-order valence-electron chi connectivity index (χ1n) is 10.8. The summed E-state index contributed by atoms with van der Waals surface area (Å²) in [5.74, 6) is -0.00729. The van der Waals surface area contributed by atoms with E-state index in [1.54, 1.807) is 6.07 Å². The lowest BCUT2D eigenvalue weighted by Gasteiger charge is -2.23. The molecule has 0 aliphatic carbocycles. The van der Waals surface area contributed by atoms with E-state index in [0.29, 0.717) is 16.5 Å². The van der Waals surface area contributed by atoms with Crippen LogP contribution in [0, 0.1) is 0 Å². The third kappa shape index (κ3) is 6.21. The molecule has 0 saturated heterocycles. The molecule has 10 nitrogen and oxygen atoms in total. The smallest absolute Gasteiger partial charge is 0.261 e. The standard InChI is InChI=1S/C23H21Cl2N3O7S2/c1-2-36(30,31)28(17-6-10-21-22(12-17)35-14-34-21)13-23(29)26-16-4-7-18(8-5-16)37(32,33)27-20-9-3-15(24)11-19(20)25/h3-12,27H,2,13-14H2,1H3,(H,26,29). The molecule has 2 N–H and O–H groups in total. The SMILES string of the molecule is CCS(=O)(=O)N(CC(=O)Nc1ccc(S(=O)(=O)Nc2ccc(Cl)cc2Cl)cc1)c1ccc2c(c1)OCO2. The monoisotopic (exact) mass is 585 g/mol. The highest BCUT2D eigenvalue weighted by atomic mass is 35.5. The molecule has 0 spiro atoms. The third-order valence-corrected chi connectivity index (χ3v) is 8.93. The zero-order valence-electron chi connectivity index (χ0n) is 19.3. The summed E-state index contributed by atoms with van der Waals surface area (Å²) in [4.78, 5) is 12.7. The van der Waals surface area contributed by atoms with Crippen LogP contribution in [-0.4, -0.2) is 41.8 Å². The lowest BCUT2D eigenvalue weighted by molar-refractivity contribution is -0.114. The van der Waals surface area contributed by atoms with Crippen LogP contribution in [0.4, 0.5) is 17.1 Å². The van der Waals surface area contributed by atoms with E-state index in [-0.39, 0.29) is 39.5 Å². The van der Waals surface area contributed by atoms with Crippen molar-refractivity contribution in [3.63, 3.8) is 0 Å². The molecule has 4 rings (SSSR count). The van der Waals surface area contributed by atoms with E-state index in [9.17, 15) is 21.6 Å². The fourth-order valence-electron chi connectivity index (χ4n) is 3.37. The molecule has 0 fully saturated rings. The van der Waals surface area contributed by atoms with E-state index in [4.69, 9.17) is 32.7 Å². The molecular weight excluding hydrogens is 565 g/mol. The van der Waals surface area contributed by atoms with E-state index in [1.165, 1.54) is 61.5 Å². The molecular formula is C23H21Cl2N3O7S2. The Labute approximate surface area is 224 Å². The number of benzene rings is 3. The molecule has 1 heterocycles. The van der Waals surface area contributed by atoms with Gasteiger partial charge in [0.1, 0.15) is 6.54 Å². The number of halogens is 2. The second-order valence-electron chi connectivity index (χ2n) is 7.75. The molecule has 196 valence electrons. The second kappa shape index (κ2) is 10.7. The quantitative estimate of drug-likeness (QED) is 0.382. The van der Waals surface area contributed by atoms with Gasteiger partial charge in [-0.3, -0.25) is 13.8 Å². The molecule has 14 heteroatoms. The van der Waals surface area contributed by atoms with Gasteiger partial charge in [-0.2, -0.15) is 0 Å². The van der Waals surface area contributed by atoms with Crippen LogP contribution < -0.4 is 23.8 Å². The third-order valence-electron chi connectivity index (χ3n) is 5.26. The summed E-state index contributed by atoms with van der Waals surface area (Å²) >= 11 is 11.9. The van der Waals surface area contributed by atoms with E-state index in [0.717, 1.165) is 4.31 Å². The Morgan fingerprint density at radius 1 is 0.946 bits per heavy atom. The van der Waals surface area contributed by atoms with Crippen molar-refractivity contribution >= 4 is 66.2 Å². The Hall–Kier alpha value is -3.19. The van der Waals surface area contributed by atoms with Gasteiger partial charge < -0.3 is 14.8 Å². The lowest BCUT2D eigenvalue weighted by atomic mass is 10.2. The summed E-state index contributed by atoms with van der Waals surface area (Å²) < 4.78 is 64.8. The minimum absolute atomic E-state index is 0.0216. The Morgan fingerprint density at radius 3 is 2.32 bits per heavy atom. The van der Waals surface area contributed by atoms with Crippen molar-refractivity contribution in [1.29, 1.82) is 0 Å². The van der Waals surface area contributed by atoms with Crippen LogP contribution in [0.25, 0.3) is 0 Å². The number of hydrogen-bond acceptors (Lipinski definition) is 7. The van der Waals surface area contributed by atoms with Gasteiger partial charge in [-0.15, -0.1) is 0 Å². The molecule has 0 atom stereocenters. The van der Waals surface area contributed by atoms with Crippen LogP contribution in [0.2, 0.25) is 10.0 Å². The predicted octanol–water partition coefficient (Wildman–Crippen LogP) is 4.32. The molecule has 3 aromatic carbocycles. The number of sulfonamides is 2. The fourth-order valence-corrected chi connectivity index (χ4v) is 6.02. The summed E-state index contributed by atoms with van der Waals surface area (Å²) in [6.45, 7) is 0.984. The van der Waals surface area contributed by atoms with Crippen LogP contribution in [0.1, 0.15) is 6.92 Å². The first-order chi connectivity index (χ1) is 17.5. The average Bonchev–Trinajstić information content (AvgIpc) is 3.32. The highest BCUT2D eigenvalue weighted by Gasteiger charge is 2.26. The minimum atomic E-state index is -3.98. The molecule has 37 heavy (non-hydrogen) atoms. The molecule has 1 amide bonds. The van der Waals surface area contributed by atoms with Gasteiger partial charge >= 0.3 is 0 Å². The number of nitrogens with one attached hydrogen (secondary N) is 2. The lowest BCUT2D eigenvalue weighted by Crippen LogP contribution is -2.39. The average molecular weight is 586 g/mol. The van der Waals surface area contributed by atoms with Gasteiger partial charge in [-0.25, -0.2) is 16.8 Å². The summed E-state index contributed by atoms with van der Waals surface area (Å²) in [5.41, 5.74) is 0.673. The number of hydrogen-bond donors (Lipinski definition) is 2. The van der Waals surface area contributed by atoms with Crippen molar-refractivity contribution < 1.29 is 31.1 Å². The Bertz CT molecular complexity index is 1550. The van der Waals surface area contributed by atoms with Gasteiger partial charge in [-0.05, 0) is 61.5 Å². The van der Waals surface area contributed by atoms with Crippen LogP contribution in [0.15, 0.2) is 65.6 Å². The maximum Gasteiger partial charge on any atom is 0.261 e. The Balaban J connectivity index is 1.47. The van der Waals surface area contributed by atoms with Gasteiger partial charge in [0.25, 0.3) is 10.0 Å². The van der Waals surface area contributed by atoms with E-state index in [1.807, 2.05) is 0 Å². The van der Waals surface area contributed by atoms with Crippen LogP contribution in [0.3, 0.4) is 0 Å². The maximum absolute atomic E-state index is 12.8. The van der Waals surface area contributed by atoms with Crippen molar-refractivity contribution in [2.75, 3.05) is 33.4 Å². The van der Waals surface area contributed by atoms with E-state index in [2.05, 4.69) is 10.0 Å². The number of amides is 1. The predicted molar refractivity (Wildman–Crippen MR) is 142 cm³/mol. The highest BCUT2D eigenvalue weighted by Crippen LogP contribution is 2.36. The summed E-state index contributed by atoms with van der Waals surface area (Å²) in [6, 6.07) is 14.3. The van der Waals surface area contributed by atoms with Gasteiger partial charge in [0.2, 0.25) is 22.7 Å². The maximum atomic E-state index is 12.8. The van der Waals surface area contributed by atoms with Crippen molar-refractivity contribution in [2.45, 2.75) is 11.8 Å². The molecule has 0 saturated carbocycles. The number of anilines is 3. The first kappa shape index (κ1) is 26.9. The second-order valence-corrected chi connectivity index (χ2v) is 12.5. The van der Waals surface area contributed by atoms with Gasteiger partial charge in [0, 0.05) is 16.8 Å². The summed E-state index contributed by atoms with van der Waals surface area (Å²) in [6.07, 6.45) is 0. The summed E-state index contributed by atoms with van der Waals surface area (Å²) in [5, 5.41) is 3.07. The zero-order chi connectivity index (χ0) is 26.8. The molecule has 3 aromatic rings. The molecule has 0 aromatic heterocycles. The first-order valence-corrected chi connectivity index (χ1v) is 14.6. The normalized spacial score (nSPS) is 12.7. The zero-order valence-corrected chi connectivity index (χ0v) is 22.4. The molecule has 0 unspecified atom stereocenters. The van der Waals surface area contributed by atoms with E-state index < -0.39 is 32.5 Å². The largest absolute Gasteiger partial charge is 0.454 e. The molecule has 0 bridgehead atoms. The number of carbonyl (C=O) groups is 1. The topological polar surface area (TPSA) is 131 Å². The van der Waals surface area contributed by atoms with Crippen molar-refractivity contribution in [1.82, 2.24) is 0 Å². The molecule has 0 radical (unpaired) electrons. The van der Waals surface area contributed by atoms with Crippen LogP contribution in [0.5, 0.6) is 11.5 Å². The van der Waals surface area contributed by atoms with Crippen LogP contribution >= 0.6 is 23.2 Å². The van der Waals surface area contributed by atoms with Gasteiger partial charge in [-0.1, -0.05) is 23.2 Å². The van der Waals surface area contributed by atoms with Gasteiger partial charge in [0.05, 0.1) is 27.0 Å². The van der Waals surface area contributed by atoms with E-state index >= 15 is 0 Å². The van der Waals surface area contributed by atoms with Gasteiger partial charge in [0.15, 0.2) is 11.5 Å². The molecule has 1 aliphatic rings. The number of rotatable bonds is 9. The Morgan fingerprint density at radius 2 is 1.65 bits per heavy atom. The Kier molecular flexibility index (Phi) is 7.74. The van der Waals surface area contributed by atoms with Crippen molar-refractivity contribution in [3.8, 4) is 11.5 Å². The fraction of sp³-hybridized carbons (Fsp3) is 0.174. The number of nitrogens with zero attached hydrogens (tertiary/aromatic N) is 1. The number of fused-ring (bicyclic) bond motifs is 1. The molecule has 1 aliphatic heterocycles. The highest BCUT2D eigenvalue weighted by molar-refractivity contribution is 7.93. The van der Waals surface area contributed by atoms with Crippen molar-refractivity contribution in [2.24, 2.45) is 0 Å². The van der Waals surface area contributed by atoms with Crippen molar-refractivity contribution in [3.05, 3.63) is 70.7 Å². The summed E-state index contributed by atoms with van der Waals surface area (Å²) in [7, 11) is -7.79. The number of ether oxygens (including phenoxy) is 2. The minimum Gasteiger partial charge on any atom is -0.454 e.